The molecule has 1 N–H and O–H groups in total. The van der Waals surface area contributed by atoms with Gasteiger partial charge in [0.25, 0.3) is 5.91 Å². The predicted molar refractivity (Wildman–Crippen MR) is 96.2 cm³/mol. The summed E-state index contributed by atoms with van der Waals surface area (Å²) in [7, 11) is 0. The zero-order valence-corrected chi connectivity index (χ0v) is 14.3. The van der Waals surface area contributed by atoms with E-state index in [-0.39, 0.29) is 25.4 Å². The first-order valence-corrected chi connectivity index (χ1v) is 8.53. The Balaban J connectivity index is 1.65. The summed E-state index contributed by atoms with van der Waals surface area (Å²) < 4.78 is 38.3. The summed E-state index contributed by atoms with van der Waals surface area (Å²) in [6.45, 7) is -0.0173. The summed E-state index contributed by atoms with van der Waals surface area (Å²) in [4.78, 5) is 22.0. The Morgan fingerprint density at radius 3 is 2.52 bits per heavy atom. The highest BCUT2D eigenvalue weighted by molar-refractivity contribution is 6.05. The first kappa shape index (κ1) is 17.3. The molecule has 0 atom stereocenters. The second-order valence-electron chi connectivity index (χ2n) is 6.38. The minimum absolute atomic E-state index is 0.0382. The van der Waals surface area contributed by atoms with Crippen LogP contribution < -0.4 is 0 Å². The second-order valence-corrected chi connectivity index (χ2v) is 6.38. The summed E-state index contributed by atoms with van der Waals surface area (Å²) >= 11 is 0. The summed E-state index contributed by atoms with van der Waals surface area (Å²) in [5.74, 6) is 0.327. The van der Waals surface area contributed by atoms with Crippen LogP contribution in [0, 0.1) is 0 Å². The number of carbonyl (C=O) groups is 1. The van der Waals surface area contributed by atoms with E-state index in [1.165, 1.54) is 4.90 Å². The van der Waals surface area contributed by atoms with Crippen molar-refractivity contribution in [1.29, 1.82) is 0 Å². The molecule has 0 saturated carbocycles. The number of halogens is 3. The molecule has 3 aromatic rings. The molecule has 1 aliphatic rings. The van der Waals surface area contributed by atoms with E-state index in [0.29, 0.717) is 22.4 Å². The van der Waals surface area contributed by atoms with Crippen molar-refractivity contribution in [3.05, 3.63) is 65.7 Å². The zero-order valence-electron chi connectivity index (χ0n) is 14.3. The Bertz CT molecular complexity index is 1020. The number of rotatable bonds is 2. The van der Waals surface area contributed by atoms with Crippen LogP contribution in [0.15, 0.2) is 60.2 Å². The molecule has 0 radical (unpaired) electrons. The normalized spacial score (nSPS) is 15.1. The van der Waals surface area contributed by atoms with Crippen LogP contribution in [-0.2, 0) is 0 Å². The molecule has 4 nitrogen and oxygen atoms in total. The highest BCUT2D eigenvalue weighted by Gasteiger charge is 2.35. The van der Waals surface area contributed by atoms with Crippen molar-refractivity contribution in [2.45, 2.75) is 12.6 Å². The number of aromatic nitrogens is 2. The summed E-state index contributed by atoms with van der Waals surface area (Å²) in [6, 6.07) is 14.7. The molecule has 0 fully saturated rings. The second kappa shape index (κ2) is 6.57. The molecular weight excluding hydrogens is 355 g/mol. The van der Waals surface area contributed by atoms with Gasteiger partial charge in [0, 0.05) is 24.2 Å². The Morgan fingerprint density at radius 1 is 1.07 bits per heavy atom. The minimum Gasteiger partial charge on any atom is -0.338 e. The van der Waals surface area contributed by atoms with Crippen LogP contribution in [0.5, 0.6) is 0 Å². The number of benzene rings is 2. The molecule has 2 aromatic carbocycles. The van der Waals surface area contributed by atoms with Crippen LogP contribution in [0.3, 0.4) is 0 Å². The molecule has 1 aliphatic heterocycles. The summed E-state index contributed by atoms with van der Waals surface area (Å²) in [5, 5.41) is 0. The molecule has 1 amide bonds. The van der Waals surface area contributed by atoms with Crippen molar-refractivity contribution in [3.8, 4) is 11.4 Å². The fraction of sp³-hybridized carbons (Fsp3) is 0.200. The number of H-pyrrole nitrogens is 1. The molecule has 138 valence electrons. The quantitative estimate of drug-likeness (QED) is 0.671. The highest BCUT2D eigenvalue weighted by atomic mass is 19.4. The topological polar surface area (TPSA) is 49.0 Å². The van der Waals surface area contributed by atoms with Crippen LogP contribution in [0.4, 0.5) is 13.2 Å². The van der Waals surface area contributed by atoms with Gasteiger partial charge in [0.05, 0.1) is 11.1 Å². The van der Waals surface area contributed by atoms with E-state index >= 15 is 0 Å². The zero-order chi connectivity index (χ0) is 19.0. The van der Waals surface area contributed by atoms with E-state index in [2.05, 4.69) is 9.97 Å². The fourth-order valence-corrected chi connectivity index (χ4v) is 3.22. The van der Waals surface area contributed by atoms with Crippen molar-refractivity contribution in [1.82, 2.24) is 14.9 Å². The first-order chi connectivity index (χ1) is 12.9. The lowest BCUT2D eigenvalue weighted by atomic mass is 10.1. The van der Waals surface area contributed by atoms with E-state index < -0.39 is 11.7 Å². The maximum atomic E-state index is 12.9. The molecule has 0 saturated heterocycles. The molecule has 0 spiro atoms. The molecule has 0 unspecified atom stereocenters. The number of carbonyl (C=O) groups excluding carboxylic acids is 1. The SMILES string of the molecule is O=C(c1cccc2[nH]c(-c3ccccc3)nc12)N1CC=C(C(F)(F)F)CC1. The largest absolute Gasteiger partial charge is 0.412 e. The van der Waals surface area contributed by atoms with Gasteiger partial charge < -0.3 is 9.88 Å². The van der Waals surface area contributed by atoms with Gasteiger partial charge in [-0.05, 0) is 18.6 Å². The van der Waals surface area contributed by atoms with E-state index in [1.54, 1.807) is 12.1 Å². The van der Waals surface area contributed by atoms with Crippen molar-refractivity contribution >= 4 is 16.9 Å². The Kier molecular flexibility index (Phi) is 4.22. The number of aromatic amines is 1. The number of nitrogens with one attached hydrogen (secondary N) is 1. The molecule has 0 bridgehead atoms. The summed E-state index contributed by atoms with van der Waals surface area (Å²) in [5.41, 5.74) is 1.93. The number of fused-ring (bicyclic) bond motifs is 1. The lowest BCUT2D eigenvalue weighted by Gasteiger charge is -2.27. The van der Waals surface area contributed by atoms with Crippen molar-refractivity contribution < 1.29 is 18.0 Å². The Labute approximate surface area is 153 Å². The third-order valence-corrected chi connectivity index (χ3v) is 4.65. The lowest BCUT2D eigenvalue weighted by molar-refractivity contribution is -0.0957. The molecule has 0 aliphatic carbocycles. The van der Waals surface area contributed by atoms with Gasteiger partial charge in [0.15, 0.2) is 0 Å². The van der Waals surface area contributed by atoms with Gasteiger partial charge in [0.2, 0.25) is 0 Å². The van der Waals surface area contributed by atoms with Gasteiger partial charge in [0.1, 0.15) is 11.3 Å². The average Bonchev–Trinajstić information content (AvgIpc) is 3.12. The van der Waals surface area contributed by atoms with Gasteiger partial charge in [-0.25, -0.2) is 4.98 Å². The van der Waals surface area contributed by atoms with Crippen molar-refractivity contribution in [2.75, 3.05) is 13.1 Å². The Hall–Kier alpha value is -3.09. The lowest BCUT2D eigenvalue weighted by Crippen LogP contribution is -2.36. The maximum absolute atomic E-state index is 12.9. The standard InChI is InChI=1S/C20H16F3N3O/c21-20(22,23)14-9-11-26(12-10-14)19(27)15-7-4-8-16-17(15)25-18(24-16)13-5-2-1-3-6-13/h1-9H,10-12H2,(H,24,25). The third-order valence-electron chi connectivity index (χ3n) is 4.65. The highest BCUT2D eigenvalue weighted by Crippen LogP contribution is 2.31. The molecule has 2 heterocycles. The Morgan fingerprint density at radius 2 is 1.85 bits per heavy atom. The molecule has 7 heteroatoms. The first-order valence-electron chi connectivity index (χ1n) is 8.53. The number of nitrogens with zero attached hydrogens (tertiary/aromatic N) is 2. The number of imidazole rings is 1. The number of amides is 1. The van der Waals surface area contributed by atoms with E-state index in [0.717, 1.165) is 11.6 Å². The van der Waals surface area contributed by atoms with Crippen molar-refractivity contribution in [3.63, 3.8) is 0 Å². The van der Waals surface area contributed by atoms with Crippen molar-refractivity contribution in [2.24, 2.45) is 0 Å². The van der Waals surface area contributed by atoms with Crippen LogP contribution in [-0.4, -0.2) is 40.0 Å². The van der Waals surface area contributed by atoms with Gasteiger partial charge in [-0.15, -0.1) is 0 Å². The van der Waals surface area contributed by atoms with E-state index in [9.17, 15) is 18.0 Å². The van der Waals surface area contributed by atoms with Crippen LogP contribution in [0.1, 0.15) is 16.8 Å². The fourth-order valence-electron chi connectivity index (χ4n) is 3.22. The molecule has 1 aromatic heterocycles. The average molecular weight is 371 g/mol. The number of hydrogen-bond acceptors (Lipinski definition) is 2. The third kappa shape index (κ3) is 3.32. The smallest absolute Gasteiger partial charge is 0.338 e. The van der Waals surface area contributed by atoms with Crippen LogP contribution in [0.2, 0.25) is 0 Å². The molecule has 27 heavy (non-hydrogen) atoms. The van der Waals surface area contributed by atoms with E-state index in [4.69, 9.17) is 0 Å². The maximum Gasteiger partial charge on any atom is 0.412 e. The van der Waals surface area contributed by atoms with Gasteiger partial charge in [-0.1, -0.05) is 42.5 Å². The number of alkyl halides is 3. The molecular formula is C20H16F3N3O. The molecule has 4 rings (SSSR count). The number of para-hydroxylation sites is 1. The van der Waals surface area contributed by atoms with Gasteiger partial charge in [-0.2, -0.15) is 13.2 Å². The monoisotopic (exact) mass is 371 g/mol. The van der Waals surface area contributed by atoms with Crippen LogP contribution in [0.25, 0.3) is 22.4 Å². The van der Waals surface area contributed by atoms with Crippen LogP contribution >= 0.6 is 0 Å². The predicted octanol–water partition coefficient (Wildman–Crippen LogP) is 4.56. The minimum atomic E-state index is -4.33. The van der Waals surface area contributed by atoms with Gasteiger partial charge >= 0.3 is 6.18 Å². The van der Waals surface area contributed by atoms with Gasteiger partial charge in [-0.3, -0.25) is 4.79 Å². The number of hydrogen-bond donors (Lipinski definition) is 1. The summed E-state index contributed by atoms with van der Waals surface area (Å²) in [6.07, 6.45) is -3.44. The van der Waals surface area contributed by atoms with E-state index in [1.807, 2.05) is 36.4 Å².